The number of para-hydroxylation sites is 1. The van der Waals surface area contributed by atoms with Crippen molar-refractivity contribution >= 4 is 17.5 Å². The van der Waals surface area contributed by atoms with Crippen LogP contribution in [0.15, 0.2) is 42.5 Å². The molecule has 1 fully saturated rings. The van der Waals surface area contributed by atoms with Gasteiger partial charge in [0.1, 0.15) is 18.2 Å². The fourth-order valence-electron chi connectivity index (χ4n) is 3.60. The lowest BCUT2D eigenvalue weighted by Crippen LogP contribution is -2.44. The first-order chi connectivity index (χ1) is 13.9. The molecule has 0 aromatic heterocycles. The van der Waals surface area contributed by atoms with Crippen LogP contribution in [-0.2, 0) is 11.3 Å². The van der Waals surface area contributed by atoms with Crippen molar-refractivity contribution in [2.45, 2.75) is 39.3 Å². The number of carbonyl (C=O) groups excluding carboxylic acids is 1. The molecule has 1 aliphatic rings. The Kier molecular flexibility index (Phi) is 7.51. The maximum absolute atomic E-state index is 14.0. The Balaban J connectivity index is 1.43. The number of hydrogen-bond donors (Lipinski definition) is 1. The molecule has 29 heavy (non-hydrogen) atoms. The van der Waals surface area contributed by atoms with Crippen LogP contribution in [0.25, 0.3) is 0 Å². The standard InChI is InChI=1S/C23H28ClFN2O2/c1-16-6-3-4-9-22(16)29-15-17(2)26-23(28)18-10-12-27(13-11-18)14-19-20(24)7-5-8-21(19)25/h3-9,17-18H,10-15H2,1-2H3,(H,26,28)/t17-/m0/s1. The maximum atomic E-state index is 14.0. The first kappa shape index (κ1) is 21.6. The number of amides is 1. The van der Waals surface area contributed by atoms with Crippen molar-refractivity contribution in [1.29, 1.82) is 0 Å². The molecule has 156 valence electrons. The predicted octanol–water partition coefficient (Wildman–Crippen LogP) is 4.58. The van der Waals surface area contributed by atoms with E-state index < -0.39 is 0 Å². The molecule has 0 radical (unpaired) electrons. The van der Waals surface area contributed by atoms with Gasteiger partial charge in [-0.25, -0.2) is 4.39 Å². The summed E-state index contributed by atoms with van der Waals surface area (Å²) >= 11 is 6.13. The highest BCUT2D eigenvalue weighted by molar-refractivity contribution is 6.31. The van der Waals surface area contributed by atoms with E-state index in [1.807, 2.05) is 38.1 Å². The number of benzene rings is 2. The number of piperidine rings is 1. The molecule has 6 heteroatoms. The van der Waals surface area contributed by atoms with Gasteiger partial charge >= 0.3 is 0 Å². The van der Waals surface area contributed by atoms with Crippen molar-refractivity contribution in [2.24, 2.45) is 5.92 Å². The van der Waals surface area contributed by atoms with Crippen molar-refractivity contribution in [3.05, 3.63) is 64.4 Å². The number of rotatable bonds is 7. The second-order valence-corrected chi connectivity index (χ2v) is 8.14. The number of likely N-dealkylation sites (tertiary alicyclic amines) is 1. The Labute approximate surface area is 177 Å². The second-order valence-electron chi connectivity index (χ2n) is 7.74. The third-order valence-corrected chi connectivity index (χ3v) is 5.73. The molecule has 1 N–H and O–H groups in total. The summed E-state index contributed by atoms with van der Waals surface area (Å²) < 4.78 is 19.8. The number of ether oxygens (including phenoxy) is 1. The Hall–Kier alpha value is -2.11. The molecule has 0 bridgehead atoms. The van der Waals surface area contributed by atoms with Crippen LogP contribution in [0.1, 0.15) is 30.9 Å². The van der Waals surface area contributed by atoms with Crippen LogP contribution >= 0.6 is 11.6 Å². The van der Waals surface area contributed by atoms with Gasteiger partial charge in [0.25, 0.3) is 0 Å². The highest BCUT2D eigenvalue weighted by Crippen LogP contribution is 2.24. The van der Waals surface area contributed by atoms with E-state index in [0.717, 1.165) is 37.2 Å². The van der Waals surface area contributed by atoms with Crippen molar-refractivity contribution in [3.63, 3.8) is 0 Å². The van der Waals surface area contributed by atoms with Crippen LogP contribution in [0.3, 0.4) is 0 Å². The molecule has 1 saturated heterocycles. The summed E-state index contributed by atoms with van der Waals surface area (Å²) in [5.41, 5.74) is 1.60. The molecule has 0 spiro atoms. The van der Waals surface area contributed by atoms with E-state index in [2.05, 4.69) is 10.2 Å². The summed E-state index contributed by atoms with van der Waals surface area (Å²) in [5, 5.41) is 3.51. The minimum Gasteiger partial charge on any atom is -0.491 e. The van der Waals surface area contributed by atoms with Crippen LogP contribution in [-0.4, -0.2) is 36.5 Å². The largest absolute Gasteiger partial charge is 0.491 e. The fourth-order valence-corrected chi connectivity index (χ4v) is 3.82. The Morgan fingerprint density at radius 3 is 2.66 bits per heavy atom. The molecule has 1 amide bonds. The van der Waals surface area contributed by atoms with Gasteiger partial charge in [0, 0.05) is 23.0 Å². The molecule has 0 saturated carbocycles. The molecule has 1 aliphatic heterocycles. The van der Waals surface area contributed by atoms with Gasteiger partial charge in [-0.1, -0.05) is 35.9 Å². The number of carbonyl (C=O) groups is 1. The minimum absolute atomic E-state index is 0.0248. The lowest BCUT2D eigenvalue weighted by Gasteiger charge is -2.32. The van der Waals surface area contributed by atoms with Crippen molar-refractivity contribution < 1.29 is 13.9 Å². The number of halogens is 2. The highest BCUT2D eigenvalue weighted by atomic mass is 35.5. The summed E-state index contributed by atoms with van der Waals surface area (Å²) in [6, 6.07) is 12.5. The van der Waals surface area contributed by atoms with Crippen LogP contribution in [0.5, 0.6) is 5.75 Å². The molecule has 0 unspecified atom stereocenters. The van der Waals surface area contributed by atoms with Gasteiger partial charge in [0.15, 0.2) is 0 Å². The highest BCUT2D eigenvalue weighted by Gasteiger charge is 2.26. The van der Waals surface area contributed by atoms with Crippen molar-refractivity contribution in [1.82, 2.24) is 10.2 Å². The number of aryl methyl sites for hydroxylation is 1. The van der Waals surface area contributed by atoms with Gasteiger partial charge in [0.05, 0.1) is 6.04 Å². The van der Waals surface area contributed by atoms with Gasteiger partial charge in [0.2, 0.25) is 5.91 Å². The first-order valence-corrected chi connectivity index (χ1v) is 10.5. The van der Waals surface area contributed by atoms with Crippen LogP contribution in [0, 0.1) is 18.7 Å². The van der Waals surface area contributed by atoms with E-state index in [9.17, 15) is 9.18 Å². The lowest BCUT2D eigenvalue weighted by atomic mass is 9.95. The van der Waals surface area contributed by atoms with E-state index in [0.29, 0.717) is 23.7 Å². The van der Waals surface area contributed by atoms with Crippen LogP contribution < -0.4 is 10.1 Å². The van der Waals surface area contributed by atoms with E-state index in [1.54, 1.807) is 12.1 Å². The fraction of sp³-hybridized carbons (Fsp3) is 0.435. The van der Waals surface area contributed by atoms with E-state index in [-0.39, 0.29) is 23.7 Å². The molecular formula is C23H28ClFN2O2. The van der Waals surface area contributed by atoms with Crippen LogP contribution in [0.2, 0.25) is 5.02 Å². The third kappa shape index (κ3) is 5.94. The third-order valence-electron chi connectivity index (χ3n) is 5.37. The molecule has 0 aliphatic carbocycles. The smallest absolute Gasteiger partial charge is 0.223 e. The summed E-state index contributed by atoms with van der Waals surface area (Å²) in [4.78, 5) is 14.7. The molecule has 4 nitrogen and oxygen atoms in total. The van der Waals surface area contributed by atoms with Crippen molar-refractivity contribution in [2.75, 3.05) is 19.7 Å². The maximum Gasteiger partial charge on any atom is 0.223 e. The second kappa shape index (κ2) is 10.1. The lowest BCUT2D eigenvalue weighted by molar-refractivity contribution is -0.127. The van der Waals surface area contributed by atoms with Crippen LogP contribution in [0.4, 0.5) is 4.39 Å². The minimum atomic E-state index is -0.278. The monoisotopic (exact) mass is 418 g/mol. The van der Waals surface area contributed by atoms with Gasteiger partial charge in [-0.2, -0.15) is 0 Å². The molecular weight excluding hydrogens is 391 g/mol. The summed E-state index contributed by atoms with van der Waals surface area (Å²) in [6.07, 6.45) is 1.51. The Morgan fingerprint density at radius 2 is 1.97 bits per heavy atom. The van der Waals surface area contributed by atoms with E-state index in [1.165, 1.54) is 6.07 Å². The first-order valence-electron chi connectivity index (χ1n) is 10.1. The summed E-state index contributed by atoms with van der Waals surface area (Å²) in [7, 11) is 0. The zero-order chi connectivity index (χ0) is 20.8. The predicted molar refractivity (Wildman–Crippen MR) is 114 cm³/mol. The van der Waals surface area contributed by atoms with E-state index >= 15 is 0 Å². The zero-order valence-electron chi connectivity index (χ0n) is 17.0. The number of hydrogen-bond acceptors (Lipinski definition) is 3. The quantitative estimate of drug-likeness (QED) is 0.715. The average molecular weight is 419 g/mol. The van der Waals surface area contributed by atoms with Crippen molar-refractivity contribution in [3.8, 4) is 5.75 Å². The van der Waals surface area contributed by atoms with Gasteiger partial charge in [-0.05, 0) is 63.5 Å². The molecule has 3 rings (SSSR count). The topological polar surface area (TPSA) is 41.6 Å². The summed E-state index contributed by atoms with van der Waals surface area (Å²) in [6.45, 7) is 6.35. The summed E-state index contributed by atoms with van der Waals surface area (Å²) in [5.74, 6) is 0.603. The van der Waals surface area contributed by atoms with Gasteiger partial charge in [-0.15, -0.1) is 0 Å². The van der Waals surface area contributed by atoms with Gasteiger partial charge in [-0.3, -0.25) is 9.69 Å². The average Bonchev–Trinajstić information content (AvgIpc) is 2.70. The molecule has 2 aromatic carbocycles. The molecule has 1 heterocycles. The Morgan fingerprint density at radius 1 is 1.24 bits per heavy atom. The zero-order valence-corrected chi connectivity index (χ0v) is 17.7. The Bertz CT molecular complexity index is 817. The molecule has 2 aromatic rings. The SMILES string of the molecule is Cc1ccccc1OC[C@H](C)NC(=O)C1CCN(Cc2c(F)cccc2Cl)CC1. The number of nitrogens with zero attached hydrogens (tertiary/aromatic N) is 1. The van der Waals surface area contributed by atoms with E-state index in [4.69, 9.17) is 16.3 Å². The number of nitrogens with one attached hydrogen (secondary N) is 1. The molecule has 1 atom stereocenters. The normalized spacial score (nSPS) is 16.4. The van der Waals surface area contributed by atoms with Gasteiger partial charge < -0.3 is 10.1 Å².